The number of amides is 3. The fraction of sp³-hybridized carbons (Fsp3) is 0.467. The number of thioether (sulfide) groups is 1. The molecule has 2 aliphatic rings. The van der Waals surface area contributed by atoms with E-state index in [4.69, 9.17) is 4.74 Å². The highest BCUT2D eigenvalue weighted by atomic mass is 32.2. The van der Waals surface area contributed by atoms with Gasteiger partial charge in [0.15, 0.2) is 5.17 Å². The van der Waals surface area contributed by atoms with Crippen molar-refractivity contribution < 1.29 is 23.9 Å². The summed E-state index contributed by atoms with van der Waals surface area (Å²) in [4.78, 5) is 56.5. The standard InChI is InChI=1S/C15H16N4O5S2/c1-2-24-12(22)5-8-7-25-14(16-8)18-15-17-13(23)9(26-15)6-19-10(20)3-4-11(19)21/h7,9H,2-6H2,1H3,(H,16,17,18,23). The first-order chi connectivity index (χ1) is 12.5. The van der Waals surface area contributed by atoms with Crippen LogP contribution in [0.15, 0.2) is 10.4 Å². The van der Waals surface area contributed by atoms with E-state index in [2.05, 4.69) is 15.3 Å². The zero-order valence-electron chi connectivity index (χ0n) is 13.9. The number of nitrogens with one attached hydrogen (secondary N) is 1. The van der Waals surface area contributed by atoms with E-state index in [9.17, 15) is 19.2 Å². The van der Waals surface area contributed by atoms with Gasteiger partial charge < -0.3 is 10.1 Å². The number of thiazole rings is 1. The number of likely N-dealkylation sites (tertiary alicyclic amines) is 1. The smallest absolute Gasteiger partial charge is 0.311 e. The van der Waals surface area contributed by atoms with E-state index in [0.29, 0.717) is 22.6 Å². The fourth-order valence-electron chi connectivity index (χ4n) is 2.45. The molecule has 0 bridgehead atoms. The number of esters is 1. The number of hydrogen-bond acceptors (Lipinski definition) is 9. The van der Waals surface area contributed by atoms with Gasteiger partial charge >= 0.3 is 5.97 Å². The van der Waals surface area contributed by atoms with Crippen molar-refractivity contribution >= 4 is 57.1 Å². The number of aliphatic imine (C=N–C) groups is 1. The third-order valence-corrected chi connectivity index (χ3v) is 5.49. The fourth-order valence-corrected chi connectivity index (χ4v) is 4.15. The molecule has 1 atom stereocenters. The minimum absolute atomic E-state index is 0.0408. The lowest BCUT2D eigenvalue weighted by atomic mass is 10.3. The molecule has 0 aromatic carbocycles. The van der Waals surface area contributed by atoms with Gasteiger partial charge in [0.25, 0.3) is 0 Å². The molecule has 0 radical (unpaired) electrons. The Balaban J connectivity index is 1.61. The zero-order valence-corrected chi connectivity index (χ0v) is 15.5. The molecule has 26 heavy (non-hydrogen) atoms. The van der Waals surface area contributed by atoms with Crippen molar-refractivity contribution in [2.75, 3.05) is 13.2 Å². The minimum Gasteiger partial charge on any atom is -0.466 e. The normalized spacial score (nSPS) is 21.6. The number of imide groups is 1. The van der Waals surface area contributed by atoms with E-state index < -0.39 is 5.25 Å². The summed E-state index contributed by atoms with van der Waals surface area (Å²) in [7, 11) is 0. The van der Waals surface area contributed by atoms with Crippen LogP contribution in [0, 0.1) is 0 Å². The van der Waals surface area contributed by atoms with Crippen LogP contribution in [0.5, 0.6) is 0 Å². The summed E-state index contributed by atoms with van der Waals surface area (Å²) in [6.45, 7) is 2.08. The predicted octanol–water partition coefficient (Wildman–Crippen LogP) is 0.617. The van der Waals surface area contributed by atoms with Crippen LogP contribution in [-0.2, 0) is 30.3 Å². The number of nitrogens with zero attached hydrogens (tertiary/aromatic N) is 3. The van der Waals surface area contributed by atoms with Gasteiger partial charge in [-0.25, -0.2) is 4.98 Å². The first-order valence-corrected chi connectivity index (χ1v) is 9.71. The Labute approximate surface area is 157 Å². The maximum Gasteiger partial charge on any atom is 0.311 e. The number of ether oxygens (including phenoxy) is 1. The highest BCUT2D eigenvalue weighted by Crippen LogP contribution is 2.27. The quantitative estimate of drug-likeness (QED) is 0.553. The van der Waals surface area contributed by atoms with Gasteiger partial charge in [-0.3, -0.25) is 24.1 Å². The van der Waals surface area contributed by atoms with Crippen molar-refractivity contribution in [3.05, 3.63) is 11.1 Å². The third-order valence-electron chi connectivity index (χ3n) is 3.65. The molecule has 3 amide bonds. The summed E-state index contributed by atoms with van der Waals surface area (Å²) in [6.07, 6.45) is 0.457. The summed E-state index contributed by atoms with van der Waals surface area (Å²) < 4.78 is 4.87. The first kappa shape index (κ1) is 18.5. The van der Waals surface area contributed by atoms with Crippen LogP contribution in [0.25, 0.3) is 0 Å². The zero-order chi connectivity index (χ0) is 18.7. The Kier molecular flexibility index (Phi) is 5.67. The molecule has 0 aliphatic carbocycles. The van der Waals surface area contributed by atoms with Gasteiger partial charge in [-0.2, -0.15) is 4.99 Å². The van der Waals surface area contributed by atoms with Crippen LogP contribution >= 0.6 is 23.1 Å². The van der Waals surface area contributed by atoms with Crippen molar-refractivity contribution in [3.63, 3.8) is 0 Å². The molecule has 0 saturated carbocycles. The highest BCUT2D eigenvalue weighted by Gasteiger charge is 2.37. The van der Waals surface area contributed by atoms with Gasteiger partial charge in [0.05, 0.1) is 18.7 Å². The Morgan fingerprint density at radius 3 is 2.81 bits per heavy atom. The van der Waals surface area contributed by atoms with Gasteiger partial charge in [-0.05, 0) is 6.92 Å². The molecule has 9 nitrogen and oxygen atoms in total. The van der Waals surface area contributed by atoms with E-state index in [0.717, 1.165) is 16.7 Å². The lowest BCUT2D eigenvalue weighted by molar-refractivity contribution is -0.142. The van der Waals surface area contributed by atoms with Crippen molar-refractivity contribution in [1.82, 2.24) is 15.2 Å². The van der Waals surface area contributed by atoms with Crippen molar-refractivity contribution in [2.45, 2.75) is 31.4 Å². The Morgan fingerprint density at radius 1 is 1.38 bits per heavy atom. The summed E-state index contributed by atoms with van der Waals surface area (Å²) in [5.74, 6) is -1.17. The summed E-state index contributed by atoms with van der Waals surface area (Å²) >= 11 is 2.40. The molecule has 0 spiro atoms. The molecule has 1 unspecified atom stereocenters. The van der Waals surface area contributed by atoms with Crippen molar-refractivity contribution in [1.29, 1.82) is 0 Å². The maximum absolute atomic E-state index is 12.1. The monoisotopic (exact) mass is 396 g/mol. The lowest BCUT2D eigenvalue weighted by Crippen LogP contribution is -2.38. The summed E-state index contributed by atoms with van der Waals surface area (Å²) in [5, 5.41) is 4.51. The van der Waals surface area contributed by atoms with Crippen LogP contribution in [0.2, 0.25) is 0 Å². The third kappa shape index (κ3) is 4.28. The Morgan fingerprint density at radius 2 is 2.12 bits per heavy atom. The maximum atomic E-state index is 12.1. The van der Waals surface area contributed by atoms with Crippen LogP contribution in [0.1, 0.15) is 25.5 Å². The van der Waals surface area contributed by atoms with Crippen LogP contribution in [0.3, 0.4) is 0 Å². The number of amidine groups is 1. The van der Waals surface area contributed by atoms with E-state index in [-0.39, 0.29) is 49.5 Å². The van der Waals surface area contributed by atoms with Gasteiger partial charge in [0, 0.05) is 24.8 Å². The second kappa shape index (κ2) is 7.96. The van der Waals surface area contributed by atoms with Gasteiger partial charge in [0.2, 0.25) is 22.9 Å². The number of rotatable bonds is 6. The molecule has 11 heteroatoms. The molecule has 2 fully saturated rings. The van der Waals surface area contributed by atoms with E-state index in [1.54, 1.807) is 12.3 Å². The molecule has 1 aromatic heterocycles. The predicted molar refractivity (Wildman–Crippen MR) is 95.0 cm³/mol. The molecule has 2 aliphatic heterocycles. The topological polar surface area (TPSA) is 118 Å². The van der Waals surface area contributed by atoms with Crippen molar-refractivity contribution in [3.8, 4) is 0 Å². The molecular weight excluding hydrogens is 380 g/mol. The van der Waals surface area contributed by atoms with Crippen molar-refractivity contribution in [2.24, 2.45) is 4.99 Å². The van der Waals surface area contributed by atoms with Gasteiger partial charge in [-0.15, -0.1) is 11.3 Å². The average molecular weight is 396 g/mol. The molecule has 1 aromatic rings. The minimum atomic E-state index is -0.585. The summed E-state index contributed by atoms with van der Waals surface area (Å²) in [6, 6.07) is 0. The lowest BCUT2D eigenvalue weighted by Gasteiger charge is -2.15. The van der Waals surface area contributed by atoms with E-state index in [1.165, 1.54) is 11.3 Å². The van der Waals surface area contributed by atoms with Crippen LogP contribution < -0.4 is 5.32 Å². The number of hydrogen-bond donors (Lipinski definition) is 1. The molecule has 138 valence electrons. The van der Waals surface area contributed by atoms with E-state index >= 15 is 0 Å². The first-order valence-electron chi connectivity index (χ1n) is 7.95. The molecule has 2 saturated heterocycles. The number of carbonyl (C=O) groups is 4. The SMILES string of the molecule is CCOC(=O)Cc1csc(/N=C2/NC(=O)C(CN3C(=O)CCC3=O)S2)n1. The van der Waals surface area contributed by atoms with Gasteiger partial charge in [0.1, 0.15) is 5.25 Å². The molecule has 3 heterocycles. The molecule has 3 rings (SSSR count). The summed E-state index contributed by atoms with van der Waals surface area (Å²) in [5.41, 5.74) is 0.548. The highest BCUT2D eigenvalue weighted by molar-refractivity contribution is 8.15. The molecule has 1 N–H and O–H groups in total. The Bertz CT molecular complexity index is 775. The second-order valence-corrected chi connectivity index (χ2v) is 7.54. The number of aromatic nitrogens is 1. The Hall–Kier alpha value is -2.27. The average Bonchev–Trinajstić information content (AvgIpc) is 3.24. The van der Waals surface area contributed by atoms with Crippen LogP contribution in [0.4, 0.5) is 5.13 Å². The number of carbonyl (C=O) groups excluding carboxylic acids is 4. The van der Waals surface area contributed by atoms with E-state index in [1.807, 2.05) is 0 Å². The largest absolute Gasteiger partial charge is 0.466 e. The second-order valence-electron chi connectivity index (χ2n) is 5.51. The molecular formula is C15H16N4O5S2. The van der Waals surface area contributed by atoms with Crippen LogP contribution in [-0.4, -0.2) is 57.1 Å². The van der Waals surface area contributed by atoms with Gasteiger partial charge in [-0.1, -0.05) is 11.8 Å².